The van der Waals surface area contributed by atoms with E-state index < -0.39 is 0 Å². The van der Waals surface area contributed by atoms with E-state index in [0.717, 1.165) is 17.1 Å². The molecule has 0 saturated carbocycles. The molecule has 1 aliphatic heterocycles. The van der Waals surface area contributed by atoms with Gasteiger partial charge in [0.15, 0.2) is 11.5 Å². The number of ether oxygens (including phenoxy) is 2. The maximum atomic E-state index is 5.77. The minimum atomic E-state index is -0.130. The van der Waals surface area contributed by atoms with Crippen molar-refractivity contribution in [2.45, 2.75) is 6.04 Å². The highest BCUT2D eigenvalue weighted by Crippen LogP contribution is 2.33. The molecule has 0 radical (unpaired) electrons. The summed E-state index contributed by atoms with van der Waals surface area (Å²) in [5.41, 5.74) is 12.2. The Bertz CT molecular complexity index is 314. The fourth-order valence-corrected chi connectivity index (χ4v) is 1.28. The van der Waals surface area contributed by atoms with Gasteiger partial charge >= 0.3 is 0 Å². The number of hydrogen-bond donors (Lipinski definition) is 2. The first-order chi connectivity index (χ1) is 6.31. The molecule has 0 aromatic heterocycles. The molecule has 0 bridgehead atoms. The van der Waals surface area contributed by atoms with Crippen LogP contribution in [0, 0.1) is 0 Å². The Hall–Kier alpha value is -1.26. The standard InChI is InChI=1S/C9H12N2O2/c10-4-7(11)6-1-2-8-9(3-6)13-5-12-8/h1-3,7H,4-5,10-11H2/t7-/m1/s1. The van der Waals surface area contributed by atoms with Crippen molar-refractivity contribution in [3.05, 3.63) is 23.8 Å². The van der Waals surface area contributed by atoms with Crippen molar-refractivity contribution in [2.24, 2.45) is 11.5 Å². The lowest BCUT2D eigenvalue weighted by atomic mass is 10.1. The molecule has 2 rings (SSSR count). The SMILES string of the molecule is NC[C@@H](N)c1ccc2c(c1)OCO2. The number of fused-ring (bicyclic) bond motifs is 1. The zero-order chi connectivity index (χ0) is 9.26. The molecule has 0 spiro atoms. The molecular formula is C9H12N2O2. The highest BCUT2D eigenvalue weighted by atomic mass is 16.7. The first-order valence-electron chi connectivity index (χ1n) is 4.16. The van der Waals surface area contributed by atoms with Gasteiger partial charge in [-0.2, -0.15) is 0 Å². The van der Waals surface area contributed by atoms with Crippen molar-refractivity contribution < 1.29 is 9.47 Å². The number of nitrogens with two attached hydrogens (primary N) is 2. The summed E-state index contributed by atoms with van der Waals surface area (Å²) >= 11 is 0. The van der Waals surface area contributed by atoms with Crippen LogP contribution >= 0.6 is 0 Å². The molecule has 4 N–H and O–H groups in total. The molecule has 1 atom stereocenters. The van der Waals surface area contributed by atoms with Crippen LogP contribution in [0.25, 0.3) is 0 Å². The molecule has 1 aromatic rings. The first-order valence-corrected chi connectivity index (χ1v) is 4.16. The number of benzene rings is 1. The summed E-state index contributed by atoms with van der Waals surface area (Å²) < 4.78 is 10.4. The first kappa shape index (κ1) is 8.34. The van der Waals surface area contributed by atoms with E-state index in [1.54, 1.807) is 0 Å². The highest BCUT2D eigenvalue weighted by Gasteiger charge is 2.14. The summed E-state index contributed by atoms with van der Waals surface area (Å²) in [6.45, 7) is 0.719. The third-order valence-electron chi connectivity index (χ3n) is 2.08. The average Bonchev–Trinajstić information content (AvgIpc) is 2.63. The second-order valence-electron chi connectivity index (χ2n) is 2.95. The van der Waals surface area contributed by atoms with Crippen molar-refractivity contribution in [3.63, 3.8) is 0 Å². The molecule has 0 saturated heterocycles. The van der Waals surface area contributed by atoms with Crippen molar-refractivity contribution in [1.82, 2.24) is 0 Å². The molecular weight excluding hydrogens is 168 g/mol. The monoisotopic (exact) mass is 180 g/mol. The van der Waals surface area contributed by atoms with Crippen molar-refractivity contribution in [1.29, 1.82) is 0 Å². The molecule has 1 aliphatic rings. The predicted molar refractivity (Wildman–Crippen MR) is 48.5 cm³/mol. The summed E-state index contributed by atoms with van der Waals surface area (Å²) in [5, 5.41) is 0. The molecule has 0 unspecified atom stereocenters. The molecule has 13 heavy (non-hydrogen) atoms. The van der Waals surface area contributed by atoms with E-state index >= 15 is 0 Å². The topological polar surface area (TPSA) is 70.5 Å². The third kappa shape index (κ3) is 1.46. The second kappa shape index (κ2) is 3.24. The van der Waals surface area contributed by atoms with Crippen molar-refractivity contribution in [2.75, 3.05) is 13.3 Å². The molecule has 4 nitrogen and oxygen atoms in total. The Morgan fingerprint density at radius 2 is 2.08 bits per heavy atom. The van der Waals surface area contributed by atoms with Gasteiger partial charge in [0.25, 0.3) is 0 Å². The Kier molecular flexibility index (Phi) is 2.08. The second-order valence-corrected chi connectivity index (χ2v) is 2.95. The fraction of sp³-hybridized carbons (Fsp3) is 0.333. The van der Waals surface area contributed by atoms with Gasteiger partial charge < -0.3 is 20.9 Å². The van der Waals surface area contributed by atoms with Gasteiger partial charge in [0.2, 0.25) is 6.79 Å². The third-order valence-corrected chi connectivity index (χ3v) is 2.08. The maximum absolute atomic E-state index is 5.77. The smallest absolute Gasteiger partial charge is 0.231 e. The zero-order valence-electron chi connectivity index (χ0n) is 7.19. The van der Waals surface area contributed by atoms with Crippen LogP contribution in [0.15, 0.2) is 18.2 Å². The summed E-state index contributed by atoms with van der Waals surface area (Å²) in [6, 6.07) is 5.51. The summed E-state index contributed by atoms with van der Waals surface area (Å²) in [6.07, 6.45) is 0. The van der Waals surface area contributed by atoms with E-state index in [4.69, 9.17) is 20.9 Å². The Labute approximate surface area is 76.4 Å². The van der Waals surface area contributed by atoms with Crippen LogP contribution in [0.3, 0.4) is 0 Å². The summed E-state index contributed by atoms with van der Waals surface area (Å²) in [7, 11) is 0. The maximum Gasteiger partial charge on any atom is 0.231 e. The van der Waals surface area contributed by atoms with Gasteiger partial charge in [-0.15, -0.1) is 0 Å². The lowest BCUT2D eigenvalue weighted by Crippen LogP contribution is -2.20. The Balaban J connectivity index is 2.30. The van der Waals surface area contributed by atoms with E-state index in [9.17, 15) is 0 Å². The molecule has 1 aromatic carbocycles. The predicted octanol–water partition coefficient (Wildman–Crippen LogP) is 0.374. The van der Waals surface area contributed by atoms with Crippen LogP contribution in [-0.4, -0.2) is 13.3 Å². The van der Waals surface area contributed by atoms with Gasteiger partial charge in [-0.1, -0.05) is 6.07 Å². The molecule has 1 heterocycles. The highest BCUT2D eigenvalue weighted by molar-refractivity contribution is 5.45. The van der Waals surface area contributed by atoms with Crippen molar-refractivity contribution in [3.8, 4) is 11.5 Å². The summed E-state index contributed by atoms with van der Waals surface area (Å²) in [4.78, 5) is 0. The zero-order valence-corrected chi connectivity index (χ0v) is 7.19. The summed E-state index contributed by atoms with van der Waals surface area (Å²) in [5.74, 6) is 1.52. The minimum Gasteiger partial charge on any atom is -0.454 e. The van der Waals surface area contributed by atoms with E-state index in [2.05, 4.69) is 0 Å². The van der Waals surface area contributed by atoms with Crippen molar-refractivity contribution >= 4 is 0 Å². The average molecular weight is 180 g/mol. The van der Waals surface area contributed by atoms with E-state index in [0.29, 0.717) is 6.54 Å². The van der Waals surface area contributed by atoms with E-state index in [1.807, 2.05) is 18.2 Å². The van der Waals surface area contributed by atoms with E-state index in [1.165, 1.54) is 0 Å². The van der Waals surface area contributed by atoms with Crippen LogP contribution in [-0.2, 0) is 0 Å². The number of hydrogen-bond acceptors (Lipinski definition) is 4. The van der Waals surface area contributed by atoms with Crippen LogP contribution in [0.4, 0.5) is 0 Å². The lowest BCUT2D eigenvalue weighted by Gasteiger charge is -2.08. The van der Waals surface area contributed by atoms with Crippen LogP contribution in [0.2, 0.25) is 0 Å². The largest absolute Gasteiger partial charge is 0.454 e. The molecule has 70 valence electrons. The van der Waals surface area contributed by atoms with Crippen LogP contribution in [0.5, 0.6) is 11.5 Å². The van der Waals surface area contributed by atoms with Gasteiger partial charge in [-0.3, -0.25) is 0 Å². The Morgan fingerprint density at radius 1 is 1.31 bits per heavy atom. The molecule has 0 fully saturated rings. The van der Waals surface area contributed by atoms with Gasteiger partial charge in [-0.05, 0) is 17.7 Å². The number of rotatable bonds is 2. The van der Waals surface area contributed by atoms with Gasteiger partial charge in [0, 0.05) is 12.6 Å². The normalized spacial score (nSPS) is 15.8. The van der Waals surface area contributed by atoms with Crippen LogP contribution < -0.4 is 20.9 Å². The Morgan fingerprint density at radius 3 is 2.85 bits per heavy atom. The van der Waals surface area contributed by atoms with Gasteiger partial charge in [0.1, 0.15) is 0 Å². The molecule has 0 amide bonds. The van der Waals surface area contributed by atoms with Gasteiger partial charge in [-0.25, -0.2) is 0 Å². The van der Waals surface area contributed by atoms with Crippen LogP contribution in [0.1, 0.15) is 11.6 Å². The van der Waals surface area contributed by atoms with E-state index in [-0.39, 0.29) is 12.8 Å². The fourth-order valence-electron chi connectivity index (χ4n) is 1.28. The molecule has 0 aliphatic carbocycles. The lowest BCUT2D eigenvalue weighted by molar-refractivity contribution is 0.174. The quantitative estimate of drug-likeness (QED) is 0.690. The minimum absolute atomic E-state index is 0.130. The molecule has 4 heteroatoms. The van der Waals surface area contributed by atoms with Gasteiger partial charge in [0.05, 0.1) is 0 Å².